The molecule has 1 saturated heterocycles. The smallest absolute Gasteiger partial charge is 0.261 e. The van der Waals surface area contributed by atoms with Crippen molar-refractivity contribution in [3.8, 4) is 0 Å². The van der Waals surface area contributed by atoms with Gasteiger partial charge >= 0.3 is 0 Å². The van der Waals surface area contributed by atoms with E-state index in [1.807, 2.05) is 30.2 Å². The van der Waals surface area contributed by atoms with Crippen molar-refractivity contribution in [3.05, 3.63) is 77.0 Å². The van der Waals surface area contributed by atoms with E-state index in [9.17, 15) is 4.79 Å². The van der Waals surface area contributed by atoms with Crippen LogP contribution in [0.3, 0.4) is 0 Å². The van der Waals surface area contributed by atoms with Crippen LogP contribution >= 0.6 is 0 Å². The molecule has 0 bridgehead atoms. The molecule has 1 fully saturated rings. The fourth-order valence-corrected chi connectivity index (χ4v) is 5.04. The fraction of sp³-hybridized carbons (Fsp3) is 0.500. The average molecular weight is 545 g/mol. The molecule has 1 aliphatic rings. The summed E-state index contributed by atoms with van der Waals surface area (Å²) in [5.74, 6) is 0.312. The number of anilines is 1. The lowest BCUT2D eigenvalue weighted by Crippen LogP contribution is -2.42. The highest BCUT2D eigenvalue weighted by atomic mass is 16.5. The van der Waals surface area contributed by atoms with Crippen LogP contribution in [0.5, 0.6) is 0 Å². The highest BCUT2D eigenvalue weighted by Crippen LogP contribution is 2.37. The summed E-state index contributed by atoms with van der Waals surface area (Å²) in [6.45, 7) is 11.3. The number of benzene rings is 2. The van der Waals surface area contributed by atoms with Crippen molar-refractivity contribution >= 4 is 24.0 Å². The first-order valence-electron chi connectivity index (χ1n) is 14.9. The number of hydrogen-bond acceptors (Lipinski definition) is 5. The SMILES string of the molecule is CCCC=N/C(C)=C(\C=N)C(=O)N(CCC(C)CC)c1cccc(COC2(c3ccccc3)CCN(C)CC2)c1. The van der Waals surface area contributed by atoms with Gasteiger partial charge in [0.15, 0.2) is 0 Å². The van der Waals surface area contributed by atoms with E-state index in [0.717, 1.165) is 69.1 Å². The highest BCUT2D eigenvalue weighted by Gasteiger charge is 2.36. The third kappa shape index (κ3) is 8.45. The molecule has 1 aliphatic heterocycles. The van der Waals surface area contributed by atoms with Crippen molar-refractivity contribution in [3.63, 3.8) is 0 Å². The third-order valence-corrected chi connectivity index (χ3v) is 8.09. The summed E-state index contributed by atoms with van der Waals surface area (Å²) >= 11 is 0. The Kier molecular flexibility index (Phi) is 12.3. The molecule has 0 aliphatic carbocycles. The van der Waals surface area contributed by atoms with Gasteiger partial charge in [0.2, 0.25) is 0 Å². The molecule has 0 radical (unpaired) electrons. The molecule has 40 heavy (non-hydrogen) atoms. The van der Waals surface area contributed by atoms with Crippen LogP contribution in [0.2, 0.25) is 0 Å². The monoisotopic (exact) mass is 544 g/mol. The van der Waals surface area contributed by atoms with Gasteiger partial charge < -0.3 is 19.9 Å². The Balaban J connectivity index is 1.88. The topological polar surface area (TPSA) is 69.0 Å². The molecule has 0 spiro atoms. The zero-order valence-corrected chi connectivity index (χ0v) is 25.2. The van der Waals surface area contributed by atoms with Gasteiger partial charge in [0.1, 0.15) is 0 Å². The number of carbonyl (C=O) groups excluding carboxylic acids is 1. The van der Waals surface area contributed by atoms with Crippen molar-refractivity contribution in [1.82, 2.24) is 4.90 Å². The van der Waals surface area contributed by atoms with Gasteiger partial charge in [0.25, 0.3) is 5.91 Å². The number of likely N-dealkylation sites (tertiary alicyclic amines) is 1. The maximum Gasteiger partial charge on any atom is 0.261 e. The van der Waals surface area contributed by atoms with Crippen LogP contribution in [-0.4, -0.2) is 49.9 Å². The Morgan fingerprint density at radius 1 is 1.15 bits per heavy atom. The zero-order valence-electron chi connectivity index (χ0n) is 25.2. The fourth-order valence-electron chi connectivity index (χ4n) is 5.04. The van der Waals surface area contributed by atoms with Crippen molar-refractivity contribution in [2.45, 2.75) is 78.4 Å². The molecular weight excluding hydrogens is 496 g/mol. The molecule has 1 N–H and O–H groups in total. The molecule has 1 amide bonds. The standard InChI is InChI=1S/C34H48N4O2/c1-6-8-20-36-28(4)32(25-35)33(39)38(21-17-27(3)7-2)31-16-12-13-29(24-31)26-40-34(18-22-37(5)23-19-34)30-14-10-9-11-15-30/h9-16,20,24-25,27,35H,6-8,17-19,21-23,26H2,1-5H3/b32-28+,35-25?,36-20?. The Morgan fingerprint density at radius 2 is 1.88 bits per heavy atom. The number of allylic oxidation sites excluding steroid dienone is 1. The normalized spacial score (nSPS) is 16.9. The minimum atomic E-state index is -0.320. The number of carbonyl (C=O) groups is 1. The Labute approximate surface area is 241 Å². The molecule has 3 rings (SSSR count). The minimum absolute atomic E-state index is 0.182. The zero-order chi connectivity index (χ0) is 29.0. The first-order valence-corrected chi connectivity index (χ1v) is 14.9. The van der Waals surface area contributed by atoms with Gasteiger partial charge in [-0.1, -0.05) is 76.1 Å². The van der Waals surface area contributed by atoms with Gasteiger partial charge in [0, 0.05) is 37.8 Å². The van der Waals surface area contributed by atoms with Gasteiger partial charge in [0.05, 0.1) is 23.5 Å². The number of aliphatic imine (C=N–C) groups is 1. The number of hydrogen-bond donors (Lipinski definition) is 1. The molecule has 6 heteroatoms. The lowest BCUT2D eigenvalue weighted by Gasteiger charge is -2.41. The number of ether oxygens (including phenoxy) is 1. The van der Waals surface area contributed by atoms with E-state index in [-0.39, 0.29) is 11.5 Å². The first kappa shape index (κ1) is 31.4. The number of piperidine rings is 1. The number of rotatable bonds is 14. The van der Waals surface area contributed by atoms with Crippen LogP contribution in [0.1, 0.15) is 77.3 Å². The van der Waals surface area contributed by atoms with Crippen molar-refractivity contribution in [2.24, 2.45) is 10.9 Å². The van der Waals surface area contributed by atoms with Gasteiger partial charge in [-0.05, 0) is 68.8 Å². The molecule has 2 aromatic carbocycles. The molecular formula is C34H48N4O2. The van der Waals surface area contributed by atoms with Gasteiger partial charge in [-0.3, -0.25) is 9.79 Å². The van der Waals surface area contributed by atoms with Gasteiger partial charge in [-0.25, -0.2) is 0 Å². The van der Waals surface area contributed by atoms with Crippen LogP contribution in [0.15, 0.2) is 70.9 Å². The van der Waals surface area contributed by atoms with Gasteiger partial charge in [-0.2, -0.15) is 0 Å². The van der Waals surface area contributed by atoms with Crippen LogP contribution in [0, 0.1) is 11.3 Å². The molecule has 0 aromatic heterocycles. The predicted molar refractivity (Wildman–Crippen MR) is 167 cm³/mol. The minimum Gasteiger partial charge on any atom is -0.366 e. The van der Waals surface area contributed by atoms with Crippen LogP contribution in [0.25, 0.3) is 0 Å². The summed E-state index contributed by atoms with van der Waals surface area (Å²) < 4.78 is 6.77. The number of amides is 1. The second-order valence-corrected chi connectivity index (χ2v) is 11.1. The molecule has 1 atom stereocenters. The maximum atomic E-state index is 13.8. The third-order valence-electron chi connectivity index (χ3n) is 8.09. The summed E-state index contributed by atoms with van der Waals surface area (Å²) in [7, 11) is 2.16. The van der Waals surface area contributed by atoms with Gasteiger partial charge in [-0.15, -0.1) is 0 Å². The highest BCUT2D eigenvalue weighted by molar-refractivity contribution is 6.18. The summed E-state index contributed by atoms with van der Waals surface area (Å²) in [5.41, 5.74) is 3.67. The number of nitrogens with one attached hydrogen (secondary N) is 1. The summed E-state index contributed by atoms with van der Waals surface area (Å²) in [6, 6.07) is 18.7. The maximum absolute atomic E-state index is 13.8. The Bertz CT molecular complexity index is 1150. The second-order valence-electron chi connectivity index (χ2n) is 11.1. The largest absolute Gasteiger partial charge is 0.366 e. The summed E-state index contributed by atoms with van der Waals surface area (Å²) in [6.07, 6.45) is 8.64. The molecule has 6 nitrogen and oxygen atoms in total. The number of unbranched alkanes of at least 4 members (excludes halogenated alkanes) is 1. The summed E-state index contributed by atoms with van der Waals surface area (Å²) in [4.78, 5) is 22.5. The van der Waals surface area contributed by atoms with E-state index < -0.39 is 0 Å². The van der Waals surface area contributed by atoms with Crippen LogP contribution < -0.4 is 4.90 Å². The van der Waals surface area contributed by atoms with Crippen molar-refractivity contribution in [1.29, 1.82) is 5.41 Å². The van der Waals surface area contributed by atoms with Crippen molar-refractivity contribution in [2.75, 3.05) is 31.6 Å². The lowest BCUT2D eigenvalue weighted by molar-refractivity contribution is -0.114. The van der Waals surface area contributed by atoms with Crippen LogP contribution in [-0.2, 0) is 21.7 Å². The van der Waals surface area contributed by atoms with E-state index in [2.05, 4.69) is 80.2 Å². The van der Waals surface area contributed by atoms with Crippen LogP contribution in [0.4, 0.5) is 5.69 Å². The number of nitrogens with zero attached hydrogens (tertiary/aromatic N) is 3. The van der Waals surface area contributed by atoms with E-state index in [1.165, 1.54) is 5.56 Å². The average Bonchev–Trinajstić information content (AvgIpc) is 2.98. The van der Waals surface area contributed by atoms with E-state index >= 15 is 0 Å². The van der Waals surface area contributed by atoms with E-state index in [1.54, 1.807) is 0 Å². The Hall–Kier alpha value is -3.09. The van der Waals surface area contributed by atoms with E-state index in [0.29, 0.717) is 30.3 Å². The quantitative estimate of drug-likeness (QED) is 0.199. The first-order chi connectivity index (χ1) is 19.3. The lowest BCUT2D eigenvalue weighted by atomic mass is 9.84. The molecule has 1 heterocycles. The molecule has 216 valence electrons. The summed E-state index contributed by atoms with van der Waals surface area (Å²) in [5, 5.41) is 8.02. The van der Waals surface area contributed by atoms with E-state index in [4.69, 9.17) is 10.1 Å². The molecule has 1 unspecified atom stereocenters. The predicted octanol–water partition coefficient (Wildman–Crippen LogP) is 7.39. The molecule has 2 aromatic rings. The second kappa shape index (κ2) is 15.6. The van der Waals surface area contributed by atoms with Crippen molar-refractivity contribution < 1.29 is 9.53 Å². The molecule has 0 saturated carbocycles. The Morgan fingerprint density at radius 3 is 2.52 bits per heavy atom.